The number of anilines is 1. The van der Waals surface area contributed by atoms with Gasteiger partial charge in [-0.2, -0.15) is 4.37 Å². The van der Waals surface area contributed by atoms with Gasteiger partial charge in [0.05, 0.1) is 0 Å². The molecule has 2 rings (SSSR count). The number of aromatic nitrogens is 2. The first-order chi connectivity index (χ1) is 6.40. The van der Waals surface area contributed by atoms with Crippen molar-refractivity contribution in [3.63, 3.8) is 0 Å². The molecule has 1 heterocycles. The van der Waals surface area contributed by atoms with Crippen LogP contribution in [0.15, 0.2) is 6.33 Å². The van der Waals surface area contributed by atoms with Crippen molar-refractivity contribution < 1.29 is 0 Å². The predicted octanol–water partition coefficient (Wildman–Crippen LogP) is 2.53. The molecule has 0 saturated heterocycles. The summed E-state index contributed by atoms with van der Waals surface area (Å²) < 4.78 is 3.98. The highest BCUT2D eigenvalue weighted by molar-refractivity contribution is 7.09. The van der Waals surface area contributed by atoms with Crippen LogP contribution in [0.5, 0.6) is 0 Å². The standard InChI is InChI=1S/C9H15N3S/c1-2-7-4-3-5-8(7)12-9-10-6-11-13-9/h6-8H,2-5H2,1H3,(H,10,11,12). The summed E-state index contributed by atoms with van der Waals surface area (Å²) in [6.45, 7) is 2.27. The molecule has 2 unspecified atom stereocenters. The van der Waals surface area contributed by atoms with Gasteiger partial charge in [0.2, 0.25) is 5.13 Å². The van der Waals surface area contributed by atoms with Gasteiger partial charge in [-0.15, -0.1) is 0 Å². The largest absolute Gasteiger partial charge is 0.357 e. The van der Waals surface area contributed by atoms with Gasteiger partial charge in [-0.3, -0.25) is 0 Å². The number of nitrogens with one attached hydrogen (secondary N) is 1. The van der Waals surface area contributed by atoms with Crippen molar-refractivity contribution in [1.29, 1.82) is 0 Å². The highest BCUT2D eigenvalue weighted by Gasteiger charge is 2.25. The van der Waals surface area contributed by atoms with E-state index in [0.29, 0.717) is 6.04 Å². The van der Waals surface area contributed by atoms with Crippen LogP contribution in [0.1, 0.15) is 32.6 Å². The van der Waals surface area contributed by atoms with Gasteiger partial charge in [-0.1, -0.05) is 19.8 Å². The molecular formula is C9H15N3S. The Morgan fingerprint density at radius 2 is 2.54 bits per heavy atom. The second-order valence-electron chi connectivity index (χ2n) is 3.60. The lowest BCUT2D eigenvalue weighted by molar-refractivity contribution is 0.489. The Morgan fingerprint density at radius 3 is 3.23 bits per heavy atom. The van der Waals surface area contributed by atoms with Crippen molar-refractivity contribution in [2.24, 2.45) is 5.92 Å². The van der Waals surface area contributed by atoms with E-state index in [4.69, 9.17) is 0 Å². The van der Waals surface area contributed by atoms with Crippen LogP contribution in [0.2, 0.25) is 0 Å². The molecule has 1 N–H and O–H groups in total. The Labute approximate surface area is 82.8 Å². The summed E-state index contributed by atoms with van der Waals surface area (Å²) in [6.07, 6.45) is 6.90. The van der Waals surface area contributed by atoms with E-state index in [-0.39, 0.29) is 0 Å². The Kier molecular flexibility index (Phi) is 2.78. The predicted molar refractivity (Wildman–Crippen MR) is 55.0 cm³/mol. The van der Waals surface area contributed by atoms with Gasteiger partial charge in [0, 0.05) is 17.6 Å². The summed E-state index contributed by atoms with van der Waals surface area (Å²) in [5.74, 6) is 0.837. The third kappa shape index (κ3) is 1.99. The first-order valence-electron chi connectivity index (χ1n) is 4.93. The molecule has 1 aromatic rings. The van der Waals surface area contributed by atoms with Crippen LogP contribution in [-0.2, 0) is 0 Å². The maximum Gasteiger partial charge on any atom is 0.202 e. The van der Waals surface area contributed by atoms with Crippen molar-refractivity contribution >= 4 is 16.7 Å². The molecule has 0 aliphatic heterocycles. The molecule has 72 valence electrons. The average Bonchev–Trinajstić information content (AvgIpc) is 2.76. The van der Waals surface area contributed by atoms with E-state index < -0.39 is 0 Å². The van der Waals surface area contributed by atoms with E-state index in [1.54, 1.807) is 6.33 Å². The van der Waals surface area contributed by atoms with Crippen LogP contribution in [0, 0.1) is 5.92 Å². The van der Waals surface area contributed by atoms with Crippen molar-refractivity contribution in [1.82, 2.24) is 9.36 Å². The first kappa shape index (κ1) is 8.94. The third-order valence-corrected chi connectivity index (χ3v) is 3.45. The second-order valence-corrected chi connectivity index (χ2v) is 4.38. The van der Waals surface area contributed by atoms with Gasteiger partial charge in [0.25, 0.3) is 0 Å². The lowest BCUT2D eigenvalue weighted by Gasteiger charge is -2.18. The number of nitrogens with zero attached hydrogens (tertiary/aromatic N) is 2. The van der Waals surface area contributed by atoms with Gasteiger partial charge in [-0.25, -0.2) is 4.98 Å². The number of rotatable bonds is 3. The van der Waals surface area contributed by atoms with Gasteiger partial charge < -0.3 is 5.32 Å². The molecule has 1 aliphatic rings. The quantitative estimate of drug-likeness (QED) is 0.809. The number of hydrogen-bond acceptors (Lipinski definition) is 4. The minimum Gasteiger partial charge on any atom is -0.357 e. The molecule has 13 heavy (non-hydrogen) atoms. The first-order valence-corrected chi connectivity index (χ1v) is 5.70. The minimum atomic E-state index is 0.637. The molecule has 0 aromatic carbocycles. The molecule has 1 saturated carbocycles. The molecule has 4 heteroatoms. The highest BCUT2D eigenvalue weighted by Crippen LogP contribution is 2.30. The monoisotopic (exact) mass is 197 g/mol. The van der Waals surface area contributed by atoms with Crippen LogP contribution in [0.4, 0.5) is 5.13 Å². The zero-order valence-corrected chi connectivity index (χ0v) is 8.68. The fourth-order valence-corrected chi connectivity index (χ4v) is 2.60. The molecule has 0 bridgehead atoms. The van der Waals surface area contributed by atoms with E-state index in [1.165, 1.54) is 37.2 Å². The van der Waals surface area contributed by atoms with Crippen molar-refractivity contribution in [3.05, 3.63) is 6.33 Å². The fraction of sp³-hybridized carbons (Fsp3) is 0.778. The Hall–Kier alpha value is -0.640. The molecule has 0 spiro atoms. The van der Waals surface area contributed by atoms with Gasteiger partial charge in [0.15, 0.2) is 0 Å². The minimum absolute atomic E-state index is 0.637. The van der Waals surface area contributed by atoms with E-state index in [9.17, 15) is 0 Å². The average molecular weight is 197 g/mol. The highest BCUT2D eigenvalue weighted by atomic mass is 32.1. The van der Waals surface area contributed by atoms with Crippen LogP contribution in [-0.4, -0.2) is 15.4 Å². The van der Waals surface area contributed by atoms with E-state index in [0.717, 1.165) is 11.0 Å². The van der Waals surface area contributed by atoms with Crippen LogP contribution in [0.25, 0.3) is 0 Å². The third-order valence-electron chi connectivity index (χ3n) is 2.85. The van der Waals surface area contributed by atoms with E-state index in [2.05, 4.69) is 21.6 Å². The van der Waals surface area contributed by atoms with Crippen LogP contribution < -0.4 is 5.32 Å². The van der Waals surface area contributed by atoms with Crippen LogP contribution in [0.3, 0.4) is 0 Å². The lowest BCUT2D eigenvalue weighted by atomic mass is 10.0. The maximum atomic E-state index is 4.14. The lowest BCUT2D eigenvalue weighted by Crippen LogP contribution is -2.23. The van der Waals surface area contributed by atoms with Gasteiger partial charge >= 0.3 is 0 Å². The zero-order chi connectivity index (χ0) is 9.10. The van der Waals surface area contributed by atoms with Crippen LogP contribution >= 0.6 is 11.5 Å². The molecule has 1 fully saturated rings. The summed E-state index contributed by atoms with van der Waals surface area (Å²) in [7, 11) is 0. The van der Waals surface area contributed by atoms with Gasteiger partial charge in [-0.05, 0) is 18.8 Å². The summed E-state index contributed by atoms with van der Waals surface area (Å²) in [6, 6.07) is 0.637. The smallest absolute Gasteiger partial charge is 0.202 e. The molecule has 1 aromatic heterocycles. The summed E-state index contributed by atoms with van der Waals surface area (Å²) in [4.78, 5) is 4.14. The van der Waals surface area contributed by atoms with Crippen molar-refractivity contribution in [2.75, 3.05) is 5.32 Å². The van der Waals surface area contributed by atoms with E-state index in [1.807, 2.05) is 0 Å². The Bertz CT molecular complexity index is 247. The topological polar surface area (TPSA) is 37.8 Å². The summed E-state index contributed by atoms with van der Waals surface area (Å²) in [5, 5.41) is 4.44. The van der Waals surface area contributed by atoms with Gasteiger partial charge in [0.1, 0.15) is 6.33 Å². The van der Waals surface area contributed by atoms with Crippen molar-refractivity contribution in [2.45, 2.75) is 38.6 Å². The van der Waals surface area contributed by atoms with E-state index >= 15 is 0 Å². The molecule has 3 nitrogen and oxygen atoms in total. The zero-order valence-electron chi connectivity index (χ0n) is 7.86. The van der Waals surface area contributed by atoms with Crippen molar-refractivity contribution in [3.8, 4) is 0 Å². The maximum absolute atomic E-state index is 4.14. The molecule has 1 aliphatic carbocycles. The molecule has 0 amide bonds. The summed E-state index contributed by atoms with van der Waals surface area (Å²) in [5.41, 5.74) is 0. The Morgan fingerprint density at radius 1 is 1.62 bits per heavy atom. The summed E-state index contributed by atoms with van der Waals surface area (Å²) >= 11 is 1.45. The Balaban J connectivity index is 1.94. The second kappa shape index (κ2) is 4.05. The molecular weight excluding hydrogens is 182 g/mol. The fourth-order valence-electron chi connectivity index (χ4n) is 2.11. The SMILES string of the molecule is CCC1CCCC1Nc1ncns1. The normalized spacial score (nSPS) is 27.8. The number of hydrogen-bond donors (Lipinski definition) is 1. The molecule has 2 atom stereocenters. The molecule has 0 radical (unpaired) electrons.